The minimum absolute atomic E-state index is 0.191. The Kier molecular flexibility index (Phi) is 6.10. The molecule has 0 aromatic heterocycles. The normalized spacial score (nSPS) is 20.8. The molecule has 23 heavy (non-hydrogen) atoms. The van der Waals surface area contributed by atoms with Gasteiger partial charge in [0, 0.05) is 18.2 Å². The van der Waals surface area contributed by atoms with Crippen LogP contribution in [0, 0.1) is 5.92 Å². The lowest BCUT2D eigenvalue weighted by Gasteiger charge is -2.27. The Hall–Kier alpha value is -1.95. The number of ether oxygens (including phenoxy) is 3. The van der Waals surface area contributed by atoms with E-state index in [1.54, 1.807) is 21.3 Å². The van der Waals surface area contributed by atoms with Crippen molar-refractivity contribution in [2.75, 3.05) is 21.3 Å². The van der Waals surface area contributed by atoms with Crippen LogP contribution in [0.4, 0.5) is 0 Å². The number of rotatable bonds is 7. The molecule has 0 amide bonds. The molecule has 128 valence electrons. The number of benzene rings is 1. The van der Waals surface area contributed by atoms with E-state index in [1.165, 1.54) is 0 Å². The minimum atomic E-state index is -0.676. The molecular formula is C17H25NO5. The quantitative estimate of drug-likeness (QED) is 0.802. The lowest BCUT2D eigenvalue weighted by atomic mass is 9.86. The number of nitrogens with one attached hydrogen (secondary N) is 1. The van der Waals surface area contributed by atoms with Gasteiger partial charge in [-0.15, -0.1) is 0 Å². The molecule has 2 rings (SSSR count). The molecule has 1 aromatic rings. The zero-order valence-electron chi connectivity index (χ0n) is 13.9. The maximum atomic E-state index is 11.0. The third kappa shape index (κ3) is 4.07. The number of aliphatic carboxylic acids is 1. The molecule has 1 aliphatic carbocycles. The van der Waals surface area contributed by atoms with Gasteiger partial charge in [-0.05, 0) is 31.7 Å². The van der Waals surface area contributed by atoms with Crippen LogP contribution in [-0.2, 0) is 11.3 Å². The van der Waals surface area contributed by atoms with Crippen LogP contribution in [0.3, 0.4) is 0 Å². The van der Waals surface area contributed by atoms with Crippen LogP contribution in [0.25, 0.3) is 0 Å². The summed E-state index contributed by atoms with van der Waals surface area (Å²) in [6.07, 6.45) is 3.23. The molecule has 0 unspecified atom stereocenters. The van der Waals surface area contributed by atoms with Gasteiger partial charge in [-0.3, -0.25) is 4.79 Å². The first-order valence-electron chi connectivity index (χ1n) is 7.84. The van der Waals surface area contributed by atoms with Gasteiger partial charge < -0.3 is 24.6 Å². The summed E-state index contributed by atoms with van der Waals surface area (Å²) in [4.78, 5) is 11.0. The molecule has 0 bridgehead atoms. The van der Waals surface area contributed by atoms with Crippen molar-refractivity contribution in [1.82, 2.24) is 5.32 Å². The smallest absolute Gasteiger partial charge is 0.306 e. The van der Waals surface area contributed by atoms with Gasteiger partial charge >= 0.3 is 5.97 Å². The third-order valence-electron chi connectivity index (χ3n) is 4.44. The van der Waals surface area contributed by atoms with E-state index >= 15 is 0 Å². The topological polar surface area (TPSA) is 77.0 Å². The Labute approximate surface area is 136 Å². The van der Waals surface area contributed by atoms with Crippen molar-refractivity contribution in [2.24, 2.45) is 5.92 Å². The van der Waals surface area contributed by atoms with Crippen molar-refractivity contribution in [3.63, 3.8) is 0 Å². The first-order valence-corrected chi connectivity index (χ1v) is 7.84. The zero-order valence-corrected chi connectivity index (χ0v) is 13.9. The fourth-order valence-electron chi connectivity index (χ4n) is 3.10. The van der Waals surface area contributed by atoms with E-state index in [0.29, 0.717) is 29.8 Å². The van der Waals surface area contributed by atoms with Gasteiger partial charge in [-0.25, -0.2) is 0 Å². The van der Waals surface area contributed by atoms with Crippen molar-refractivity contribution in [1.29, 1.82) is 0 Å². The molecule has 0 saturated heterocycles. The molecule has 1 aliphatic rings. The molecule has 1 aromatic carbocycles. The van der Waals surface area contributed by atoms with E-state index in [1.807, 2.05) is 12.1 Å². The first-order chi connectivity index (χ1) is 11.1. The fourth-order valence-corrected chi connectivity index (χ4v) is 3.10. The highest BCUT2D eigenvalue weighted by atomic mass is 16.5. The van der Waals surface area contributed by atoms with Crippen LogP contribution < -0.4 is 19.5 Å². The number of carboxylic acids is 1. The number of methoxy groups -OCH3 is 3. The van der Waals surface area contributed by atoms with Crippen LogP contribution >= 0.6 is 0 Å². The summed E-state index contributed by atoms with van der Waals surface area (Å²) in [5, 5.41) is 12.5. The number of hydrogen-bond donors (Lipinski definition) is 2. The summed E-state index contributed by atoms with van der Waals surface area (Å²) in [7, 11) is 4.79. The first kappa shape index (κ1) is 17.4. The molecule has 0 atom stereocenters. The van der Waals surface area contributed by atoms with Crippen molar-refractivity contribution in [3.8, 4) is 17.2 Å². The molecule has 0 heterocycles. The highest BCUT2D eigenvalue weighted by Crippen LogP contribution is 2.39. The van der Waals surface area contributed by atoms with Gasteiger partial charge in [0.05, 0.1) is 27.2 Å². The van der Waals surface area contributed by atoms with E-state index < -0.39 is 5.97 Å². The molecule has 1 fully saturated rings. The summed E-state index contributed by atoms with van der Waals surface area (Å²) in [5.74, 6) is 1.02. The Balaban J connectivity index is 2.00. The van der Waals surface area contributed by atoms with E-state index in [4.69, 9.17) is 19.3 Å². The lowest BCUT2D eigenvalue weighted by molar-refractivity contribution is -0.142. The van der Waals surface area contributed by atoms with Crippen LogP contribution in [0.15, 0.2) is 12.1 Å². The maximum Gasteiger partial charge on any atom is 0.306 e. The van der Waals surface area contributed by atoms with Gasteiger partial charge in [-0.2, -0.15) is 0 Å². The van der Waals surface area contributed by atoms with Gasteiger partial charge in [0.15, 0.2) is 11.5 Å². The maximum absolute atomic E-state index is 11.0. The minimum Gasteiger partial charge on any atom is -0.493 e. The molecule has 6 heteroatoms. The Morgan fingerprint density at radius 2 is 1.74 bits per heavy atom. The summed E-state index contributed by atoms with van der Waals surface area (Å²) >= 11 is 0. The third-order valence-corrected chi connectivity index (χ3v) is 4.44. The van der Waals surface area contributed by atoms with Crippen molar-refractivity contribution in [3.05, 3.63) is 17.7 Å². The Morgan fingerprint density at radius 3 is 2.26 bits per heavy atom. The Bertz CT molecular complexity index is 538. The summed E-state index contributed by atoms with van der Waals surface area (Å²) in [6, 6.07) is 4.15. The molecule has 0 radical (unpaired) electrons. The van der Waals surface area contributed by atoms with Gasteiger partial charge in [0.25, 0.3) is 0 Å². The fraction of sp³-hybridized carbons (Fsp3) is 0.588. The predicted molar refractivity (Wildman–Crippen MR) is 86.3 cm³/mol. The predicted octanol–water partition coefficient (Wildman–Crippen LogP) is 2.45. The average molecular weight is 323 g/mol. The van der Waals surface area contributed by atoms with Crippen LogP contribution in [0.2, 0.25) is 0 Å². The molecular weight excluding hydrogens is 298 g/mol. The van der Waals surface area contributed by atoms with Crippen molar-refractivity contribution in [2.45, 2.75) is 38.3 Å². The summed E-state index contributed by atoms with van der Waals surface area (Å²) in [5.41, 5.74) is 0.991. The van der Waals surface area contributed by atoms with Gasteiger partial charge in [-0.1, -0.05) is 6.07 Å². The van der Waals surface area contributed by atoms with Crippen LogP contribution in [0.1, 0.15) is 31.2 Å². The Morgan fingerprint density at radius 1 is 1.09 bits per heavy atom. The molecule has 0 spiro atoms. The van der Waals surface area contributed by atoms with E-state index in [9.17, 15) is 4.79 Å². The van der Waals surface area contributed by atoms with Crippen molar-refractivity contribution >= 4 is 5.97 Å². The van der Waals surface area contributed by atoms with Crippen LogP contribution in [-0.4, -0.2) is 38.4 Å². The monoisotopic (exact) mass is 323 g/mol. The number of carboxylic acid groups (broad SMARTS) is 1. The van der Waals surface area contributed by atoms with E-state index in [0.717, 1.165) is 31.2 Å². The second-order valence-electron chi connectivity index (χ2n) is 5.76. The summed E-state index contributed by atoms with van der Waals surface area (Å²) < 4.78 is 16.1. The highest BCUT2D eigenvalue weighted by Gasteiger charge is 2.26. The largest absolute Gasteiger partial charge is 0.493 e. The van der Waals surface area contributed by atoms with E-state index in [-0.39, 0.29) is 5.92 Å². The molecule has 0 aliphatic heterocycles. The highest BCUT2D eigenvalue weighted by molar-refractivity contribution is 5.70. The number of hydrogen-bond acceptors (Lipinski definition) is 5. The average Bonchev–Trinajstić information content (AvgIpc) is 2.59. The number of carbonyl (C=O) groups is 1. The van der Waals surface area contributed by atoms with Crippen LogP contribution in [0.5, 0.6) is 17.2 Å². The summed E-state index contributed by atoms with van der Waals surface area (Å²) in [6.45, 7) is 0.645. The SMILES string of the molecule is COc1ccc(CNC2CCC(C(=O)O)CC2)c(OC)c1OC. The second kappa shape index (κ2) is 8.06. The molecule has 2 N–H and O–H groups in total. The molecule has 6 nitrogen and oxygen atoms in total. The van der Waals surface area contributed by atoms with E-state index in [2.05, 4.69) is 5.32 Å². The van der Waals surface area contributed by atoms with Gasteiger partial charge in [0.2, 0.25) is 5.75 Å². The standard InChI is InChI=1S/C17H25NO5/c1-21-14-9-6-12(15(22-2)16(14)23-3)10-18-13-7-4-11(5-8-13)17(19)20/h6,9,11,13,18H,4-5,7-8,10H2,1-3H3,(H,19,20). The molecule has 1 saturated carbocycles. The zero-order chi connectivity index (χ0) is 16.8. The second-order valence-corrected chi connectivity index (χ2v) is 5.76. The van der Waals surface area contributed by atoms with Crippen molar-refractivity contribution < 1.29 is 24.1 Å². The lowest BCUT2D eigenvalue weighted by Crippen LogP contribution is -2.34. The van der Waals surface area contributed by atoms with Gasteiger partial charge in [0.1, 0.15) is 0 Å².